The van der Waals surface area contributed by atoms with Crippen LogP contribution in [0.25, 0.3) is 0 Å². The number of fused-ring (bicyclic) bond motifs is 2. The van der Waals surface area contributed by atoms with Gasteiger partial charge in [0.05, 0.1) is 0 Å². The van der Waals surface area contributed by atoms with Gasteiger partial charge in [0, 0.05) is 18.3 Å². The van der Waals surface area contributed by atoms with Crippen molar-refractivity contribution in [1.82, 2.24) is 9.88 Å². The Morgan fingerprint density at radius 3 is 2.90 bits per heavy atom. The van der Waals surface area contributed by atoms with Crippen LogP contribution in [0.1, 0.15) is 32.6 Å². The van der Waals surface area contributed by atoms with E-state index in [4.69, 9.17) is 0 Å². The van der Waals surface area contributed by atoms with Crippen LogP contribution in [0.2, 0.25) is 0 Å². The molecule has 4 heteroatoms. The molecule has 1 aromatic heterocycles. The third-order valence-electron chi connectivity index (χ3n) is 5.04. The third kappa shape index (κ3) is 2.65. The highest BCUT2D eigenvalue weighted by Crippen LogP contribution is 2.49. The number of carbonyl (C=O) groups excluding carboxylic acids is 1. The van der Waals surface area contributed by atoms with E-state index in [1.165, 1.54) is 36.3 Å². The topological polar surface area (TPSA) is 51.1 Å². The molecule has 2 fully saturated rings. The molecule has 2 aliphatic carbocycles. The van der Waals surface area contributed by atoms with Crippen molar-refractivity contribution >= 4 is 5.91 Å². The van der Waals surface area contributed by atoms with E-state index < -0.39 is 0 Å². The largest absolute Gasteiger partial charge is 0.352 e. The normalized spacial score (nSPS) is 29.4. The van der Waals surface area contributed by atoms with E-state index in [0.717, 1.165) is 11.8 Å². The molecule has 0 spiro atoms. The first-order chi connectivity index (χ1) is 9.63. The summed E-state index contributed by atoms with van der Waals surface area (Å²) in [6, 6.07) is 5.16. The van der Waals surface area contributed by atoms with E-state index in [0.29, 0.717) is 5.92 Å². The second-order valence-corrected chi connectivity index (χ2v) is 6.36. The van der Waals surface area contributed by atoms with E-state index >= 15 is 0 Å². The second-order valence-electron chi connectivity index (χ2n) is 6.36. The van der Waals surface area contributed by atoms with Gasteiger partial charge in [-0.3, -0.25) is 9.59 Å². The Balaban J connectivity index is 1.56. The first-order valence-electron chi connectivity index (χ1n) is 7.58. The van der Waals surface area contributed by atoms with Crippen LogP contribution in [-0.2, 0) is 11.3 Å². The summed E-state index contributed by atoms with van der Waals surface area (Å²) in [5.74, 6) is 2.26. The SMILES string of the molecule is C[C@H](NC(=O)Cn1ccccc1=O)[C@@H]1C[C@H]2CC[C@H]1C2. The van der Waals surface area contributed by atoms with Crippen LogP contribution in [0.4, 0.5) is 0 Å². The van der Waals surface area contributed by atoms with Crippen LogP contribution in [0, 0.1) is 17.8 Å². The highest BCUT2D eigenvalue weighted by molar-refractivity contribution is 5.76. The summed E-state index contributed by atoms with van der Waals surface area (Å²) < 4.78 is 1.45. The Morgan fingerprint density at radius 2 is 2.25 bits per heavy atom. The molecule has 0 saturated heterocycles. The molecule has 4 atom stereocenters. The lowest BCUT2D eigenvalue weighted by Crippen LogP contribution is -2.42. The molecular weight excluding hydrogens is 252 g/mol. The van der Waals surface area contributed by atoms with Gasteiger partial charge in [0.2, 0.25) is 5.91 Å². The zero-order chi connectivity index (χ0) is 14.1. The second kappa shape index (κ2) is 5.43. The van der Waals surface area contributed by atoms with E-state index in [2.05, 4.69) is 12.2 Å². The highest BCUT2D eigenvalue weighted by atomic mass is 16.2. The summed E-state index contributed by atoms with van der Waals surface area (Å²) in [5, 5.41) is 3.08. The molecule has 2 aliphatic rings. The number of hydrogen-bond acceptors (Lipinski definition) is 2. The van der Waals surface area contributed by atoms with Gasteiger partial charge in [-0.25, -0.2) is 0 Å². The van der Waals surface area contributed by atoms with Gasteiger partial charge >= 0.3 is 0 Å². The smallest absolute Gasteiger partial charge is 0.250 e. The number of pyridine rings is 1. The van der Waals surface area contributed by atoms with Gasteiger partial charge in [-0.05, 0) is 50.0 Å². The molecule has 0 aliphatic heterocycles. The van der Waals surface area contributed by atoms with Gasteiger partial charge in [-0.1, -0.05) is 12.5 Å². The molecule has 0 radical (unpaired) electrons. The number of aromatic nitrogens is 1. The Kier molecular flexibility index (Phi) is 3.64. The Bertz CT molecular complexity index is 551. The van der Waals surface area contributed by atoms with Gasteiger partial charge in [0.1, 0.15) is 6.54 Å². The summed E-state index contributed by atoms with van der Waals surface area (Å²) in [7, 11) is 0. The first-order valence-corrected chi connectivity index (χ1v) is 7.58. The zero-order valence-corrected chi connectivity index (χ0v) is 11.9. The quantitative estimate of drug-likeness (QED) is 0.910. The lowest BCUT2D eigenvalue weighted by Gasteiger charge is -2.28. The maximum atomic E-state index is 12.1. The Labute approximate surface area is 119 Å². The number of nitrogens with zero attached hydrogens (tertiary/aromatic N) is 1. The fourth-order valence-corrected chi connectivity index (χ4v) is 4.06. The van der Waals surface area contributed by atoms with Gasteiger partial charge < -0.3 is 9.88 Å². The van der Waals surface area contributed by atoms with Crippen LogP contribution >= 0.6 is 0 Å². The van der Waals surface area contributed by atoms with Crippen LogP contribution < -0.4 is 10.9 Å². The van der Waals surface area contributed by atoms with Gasteiger partial charge in [0.15, 0.2) is 0 Å². The van der Waals surface area contributed by atoms with E-state index in [1.54, 1.807) is 18.3 Å². The van der Waals surface area contributed by atoms with Crippen LogP contribution in [-0.4, -0.2) is 16.5 Å². The number of nitrogens with one attached hydrogen (secondary N) is 1. The summed E-state index contributed by atoms with van der Waals surface area (Å²) in [5.41, 5.74) is -0.129. The van der Waals surface area contributed by atoms with Gasteiger partial charge in [0.25, 0.3) is 5.56 Å². The summed E-state index contributed by atoms with van der Waals surface area (Å²) in [6.07, 6.45) is 6.97. The van der Waals surface area contributed by atoms with Crippen LogP contribution in [0.15, 0.2) is 29.2 Å². The minimum Gasteiger partial charge on any atom is -0.352 e. The fourth-order valence-electron chi connectivity index (χ4n) is 4.06. The van der Waals surface area contributed by atoms with Crippen molar-refractivity contribution in [3.8, 4) is 0 Å². The van der Waals surface area contributed by atoms with E-state index in [-0.39, 0.29) is 24.1 Å². The van der Waals surface area contributed by atoms with E-state index in [1.807, 2.05) is 0 Å². The number of hydrogen-bond donors (Lipinski definition) is 1. The average molecular weight is 274 g/mol. The molecule has 2 saturated carbocycles. The lowest BCUT2D eigenvalue weighted by molar-refractivity contribution is -0.122. The molecule has 0 unspecified atom stereocenters. The van der Waals surface area contributed by atoms with Crippen molar-refractivity contribution in [1.29, 1.82) is 0 Å². The molecule has 1 aromatic rings. The molecule has 0 aromatic carbocycles. The molecule has 108 valence electrons. The van der Waals surface area contributed by atoms with Crippen LogP contribution in [0.3, 0.4) is 0 Å². The van der Waals surface area contributed by atoms with Gasteiger partial charge in [-0.2, -0.15) is 0 Å². The number of rotatable bonds is 4. The number of amides is 1. The maximum absolute atomic E-state index is 12.1. The first kappa shape index (κ1) is 13.4. The predicted octanol–water partition coefficient (Wildman–Crippen LogP) is 1.79. The maximum Gasteiger partial charge on any atom is 0.250 e. The molecule has 1 N–H and O–H groups in total. The minimum atomic E-state index is -0.129. The molecule has 2 bridgehead atoms. The Morgan fingerprint density at radius 1 is 1.40 bits per heavy atom. The van der Waals surface area contributed by atoms with Crippen molar-refractivity contribution in [3.63, 3.8) is 0 Å². The van der Waals surface area contributed by atoms with Crippen LogP contribution in [0.5, 0.6) is 0 Å². The highest BCUT2D eigenvalue weighted by Gasteiger charge is 2.42. The van der Waals surface area contributed by atoms with Gasteiger partial charge in [-0.15, -0.1) is 0 Å². The molecule has 20 heavy (non-hydrogen) atoms. The molecule has 3 rings (SSSR count). The molecule has 1 heterocycles. The third-order valence-corrected chi connectivity index (χ3v) is 5.04. The van der Waals surface area contributed by atoms with E-state index in [9.17, 15) is 9.59 Å². The molecule has 1 amide bonds. The Hall–Kier alpha value is -1.58. The zero-order valence-electron chi connectivity index (χ0n) is 11.9. The standard InChI is InChI=1S/C16H22N2O2/c1-11(14-9-12-5-6-13(14)8-12)17-15(19)10-18-7-3-2-4-16(18)20/h2-4,7,11-14H,5-6,8-10H2,1H3,(H,17,19)/t11-,12-,13-,14-/m0/s1. The monoisotopic (exact) mass is 274 g/mol. The summed E-state index contributed by atoms with van der Waals surface area (Å²) >= 11 is 0. The minimum absolute atomic E-state index is 0.0615. The van der Waals surface area contributed by atoms with Crippen molar-refractivity contribution in [2.75, 3.05) is 0 Å². The average Bonchev–Trinajstić information content (AvgIpc) is 3.03. The fraction of sp³-hybridized carbons (Fsp3) is 0.625. The molecule has 4 nitrogen and oxygen atoms in total. The lowest BCUT2D eigenvalue weighted by atomic mass is 9.84. The van der Waals surface area contributed by atoms with Crippen molar-refractivity contribution < 1.29 is 4.79 Å². The van der Waals surface area contributed by atoms with Crippen molar-refractivity contribution in [2.45, 2.75) is 45.2 Å². The summed E-state index contributed by atoms with van der Waals surface area (Å²) in [6.45, 7) is 2.22. The predicted molar refractivity (Wildman–Crippen MR) is 77.2 cm³/mol. The van der Waals surface area contributed by atoms with Crippen molar-refractivity contribution in [2.24, 2.45) is 17.8 Å². The summed E-state index contributed by atoms with van der Waals surface area (Å²) in [4.78, 5) is 23.7. The molecular formula is C16H22N2O2. The number of carbonyl (C=O) groups is 1. The van der Waals surface area contributed by atoms with Crippen molar-refractivity contribution in [3.05, 3.63) is 34.7 Å².